The van der Waals surface area contributed by atoms with Crippen LogP contribution in [-0.4, -0.2) is 29.7 Å². The summed E-state index contributed by atoms with van der Waals surface area (Å²) in [5.74, 6) is 0.118. The first-order chi connectivity index (χ1) is 5.91. The fraction of sp³-hybridized carbons (Fsp3) is 0.800. The van der Waals surface area contributed by atoms with Gasteiger partial charge in [0.2, 0.25) is 5.91 Å². The van der Waals surface area contributed by atoms with Crippen LogP contribution in [0.3, 0.4) is 0 Å². The molecule has 76 valence electrons. The van der Waals surface area contributed by atoms with Crippen LogP contribution in [0.2, 0.25) is 0 Å². The topological polar surface area (TPSA) is 37.4 Å². The van der Waals surface area contributed by atoms with Crippen LogP contribution in [0.1, 0.15) is 34.1 Å². The third-order valence-corrected chi connectivity index (χ3v) is 2.26. The van der Waals surface area contributed by atoms with E-state index in [0.717, 1.165) is 0 Å². The quantitative estimate of drug-likeness (QED) is 0.665. The molecule has 1 amide bonds. The number of rotatable bonds is 4. The van der Waals surface area contributed by atoms with E-state index in [2.05, 4.69) is 0 Å². The molecule has 0 saturated heterocycles. The molecule has 0 aliphatic carbocycles. The van der Waals surface area contributed by atoms with Crippen LogP contribution in [0, 0.1) is 5.92 Å². The third kappa shape index (κ3) is 3.17. The minimum atomic E-state index is -0.299. The molecule has 13 heavy (non-hydrogen) atoms. The molecule has 0 radical (unpaired) electrons. The highest BCUT2D eigenvalue weighted by molar-refractivity contribution is 5.89. The van der Waals surface area contributed by atoms with Gasteiger partial charge in [0.05, 0.1) is 6.04 Å². The van der Waals surface area contributed by atoms with Crippen molar-refractivity contribution in [3.8, 4) is 0 Å². The van der Waals surface area contributed by atoms with Crippen molar-refractivity contribution >= 4 is 11.7 Å². The summed E-state index contributed by atoms with van der Waals surface area (Å²) in [7, 11) is 1.68. The Balaban J connectivity index is 4.33. The average molecular weight is 185 g/mol. The van der Waals surface area contributed by atoms with Crippen LogP contribution in [0.25, 0.3) is 0 Å². The summed E-state index contributed by atoms with van der Waals surface area (Å²) in [6.07, 6.45) is 0.451. The maximum Gasteiger partial charge on any atom is 0.222 e. The molecule has 0 heterocycles. The molecular formula is C10H19NO2. The van der Waals surface area contributed by atoms with E-state index in [0.29, 0.717) is 6.42 Å². The second-order valence-corrected chi connectivity index (χ2v) is 3.59. The number of nitrogens with zero attached hydrogens (tertiary/aromatic N) is 1. The first-order valence-electron chi connectivity index (χ1n) is 4.71. The highest BCUT2D eigenvalue weighted by Gasteiger charge is 2.22. The van der Waals surface area contributed by atoms with Gasteiger partial charge in [-0.2, -0.15) is 0 Å². The van der Waals surface area contributed by atoms with Crippen molar-refractivity contribution in [3.63, 3.8) is 0 Å². The van der Waals surface area contributed by atoms with E-state index < -0.39 is 0 Å². The molecule has 0 spiro atoms. The molecule has 0 aromatic carbocycles. The van der Waals surface area contributed by atoms with Gasteiger partial charge in [0.15, 0.2) is 5.78 Å². The summed E-state index contributed by atoms with van der Waals surface area (Å²) >= 11 is 0. The van der Waals surface area contributed by atoms with Gasteiger partial charge in [0.1, 0.15) is 0 Å². The third-order valence-electron chi connectivity index (χ3n) is 2.26. The van der Waals surface area contributed by atoms with Gasteiger partial charge in [-0.3, -0.25) is 9.59 Å². The van der Waals surface area contributed by atoms with Gasteiger partial charge in [0.25, 0.3) is 0 Å². The smallest absolute Gasteiger partial charge is 0.222 e. The Morgan fingerprint density at radius 3 is 2.00 bits per heavy atom. The summed E-state index contributed by atoms with van der Waals surface area (Å²) in [6.45, 7) is 7.27. The second kappa shape index (κ2) is 5.00. The molecule has 1 unspecified atom stereocenters. The number of Topliss-reactive ketones (excluding diaryl/α,β-unsaturated/α-hetero) is 1. The predicted octanol–water partition coefficient (Wildman–Crippen LogP) is 1.47. The van der Waals surface area contributed by atoms with Crippen LogP contribution >= 0.6 is 0 Å². The molecule has 3 nitrogen and oxygen atoms in total. The summed E-state index contributed by atoms with van der Waals surface area (Å²) in [6, 6.07) is -0.299. The normalized spacial score (nSPS) is 12.8. The molecular weight excluding hydrogens is 166 g/mol. The van der Waals surface area contributed by atoms with Crippen LogP contribution in [0.15, 0.2) is 0 Å². The largest absolute Gasteiger partial charge is 0.336 e. The van der Waals surface area contributed by atoms with Gasteiger partial charge in [-0.1, -0.05) is 20.8 Å². The Morgan fingerprint density at radius 1 is 1.23 bits per heavy atom. The number of hydrogen-bond acceptors (Lipinski definition) is 2. The molecule has 0 aliphatic rings. The molecule has 0 aromatic rings. The lowest BCUT2D eigenvalue weighted by atomic mass is 10.0. The summed E-state index contributed by atoms with van der Waals surface area (Å²) in [5.41, 5.74) is 0. The fourth-order valence-electron chi connectivity index (χ4n) is 1.14. The standard InChI is InChI=1S/C10H19NO2/c1-6-9(12)11(5)8(4)10(13)7(2)3/h7-8H,6H2,1-5H3. The number of hydrogen-bond donors (Lipinski definition) is 0. The highest BCUT2D eigenvalue weighted by atomic mass is 16.2. The van der Waals surface area contributed by atoms with Crippen molar-refractivity contribution in [2.75, 3.05) is 7.05 Å². The van der Waals surface area contributed by atoms with Crippen LogP contribution < -0.4 is 0 Å². The average Bonchev–Trinajstić information content (AvgIpc) is 2.12. The van der Waals surface area contributed by atoms with Crippen molar-refractivity contribution in [1.82, 2.24) is 4.90 Å². The number of carbonyl (C=O) groups excluding carboxylic acids is 2. The minimum Gasteiger partial charge on any atom is -0.336 e. The van der Waals surface area contributed by atoms with Crippen molar-refractivity contribution in [2.24, 2.45) is 5.92 Å². The van der Waals surface area contributed by atoms with Crippen LogP contribution in [-0.2, 0) is 9.59 Å². The predicted molar refractivity (Wildman–Crippen MR) is 52.4 cm³/mol. The molecule has 0 aromatic heterocycles. The van der Waals surface area contributed by atoms with Gasteiger partial charge in [-0.15, -0.1) is 0 Å². The molecule has 3 heteroatoms. The lowest BCUT2D eigenvalue weighted by Crippen LogP contribution is -2.41. The molecule has 0 N–H and O–H groups in total. The summed E-state index contributed by atoms with van der Waals surface area (Å²) in [5, 5.41) is 0. The number of ketones is 1. The maximum absolute atomic E-state index is 11.5. The summed E-state index contributed by atoms with van der Waals surface area (Å²) in [4.78, 5) is 24.3. The Hall–Kier alpha value is -0.860. The number of carbonyl (C=O) groups is 2. The zero-order chi connectivity index (χ0) is 10.6. The first kappa shape index (κ1) is 12.1. The van der Waals surface area contributed by atoms with E-state index in [1.807, 2.05) is 13.8 Å². The highest BCUT2D eigenvalue weighted by Crippen LogP contribution is 2.06. The molecule has 0 aliphatic heterocycles. The van der Waals surface area contributed by atoms with Gasteiger partial charge in [-0.05, 0) is 6.92 Å². The Kier molecular flexibility index (Phi) is 4.67. The van der Waals surface area contributed by atoms with E-state index in [9.17, 15) is 9.59 Å². The van der Waals surface area contributed by atoms with Crippen molar-refractivity contribution in [1.29, 1.82) is 0 Å². The zero-order valence-corrected chi connectivity index (χ0v) is 9.13. The van der Waals surface area contributed by atoms with Crippen LogP contribution in [0.5, 0.6) is 0 Å². The number of likely N-dealkylation sites (N-methyl/N-ethyl adjacent to an activating group) is 1. The maximum atomic E-state index is 11.5. The SMILES string of the molecule is CCC(=O)N(C)C(C)C(=O)C(C)C. The van der Waals surface area contributed by atoms with E-state index in [1.165, 1.54) is 4.90 Å². The molecule has 0 saturated carbocycles. The van der Waals surface area contributed by atoms with Crippen molar-refractivity contribution < 1.29 is 9.59 Å². The monoisotopic (exact) mass is 185 g/mol. The Labute approximate surface area is 80.1 Å². The van der Waals surface area contributed by atoms with E-state index in [4.69, 9.17) is 0 Å². The van der Waals surface area contributed by atoms with Gasteiger partial charge in [-0.25, -0.2) is 0 Å². The fourth-order valence-corrected chi connectivity index (χ4v) is 1.14. The number of amides is 1. The molecule has 1 atom stereocenters. The first-order valence-corrected chi connectivity index (χ1v) is 4.71. The van der Waals surface area contributed by atoms with E-state index in [-0.39, 0.29) is 23.7 Å². The molecule has 0 bridgehead atoms. The lowest BCUT2D eigenvalue weighted by Gasteiger charge is -2.24. The summed E-state index contributed by atoms with van der Waals surface area (Å²) < 4.78 is 0. The lowest BCUT2D eigenvalue weighted by molar-refractivity contribution is -0.138. The van der Waals surface area contributed by atoms with E-state index in [1.54, 1.807) is 20.9 Å². The van der Waals surface area contributed by atoms with Gasteiger partial charge >= 0.3 is 0 Å². The molecule has 0 fully saturated rings. The van der Waals surface area contributed by atoms with Gasteiger partial charge < -0.3 is 4.90 Å². The van der Waals surface area contributed by atoms with E-state index >= 15 is 0 Å². The Bertz CT molecular complexity index is 199. The minimum absolute atomic E-state index is 0.0119. The van der Waals surface area contributed by atoms with Crippen LogP contribution in [0.4, 0.5) is 0 Å². The second-order valence-electron chi connectivity index (χ2n) is 3.59. The van der Waals surface area contributed by atoms with Crippen molar-refractivity contribution in [2.45, 2.75) is 40.2 Å². The Morgan fingerprint density at radius 2 is 1.69 bits per heavy atom. The molecule has 0 rings (SSSR count). The van der Waals surface area contributed by atoms with Crippen molar-refractivity contribution in [3.05, 3.63) is 0 Å². The zero-order valence-electron chi connectivity index (χ0n) is 9.13. The van der Waals surface area contributed by atoms with Gasteiger partial charge in [0, 0.05) is 19.4 Å².